The largest absolute Gasteiger partial charge is 0.380 e. The Balaban J connectivity index is 4.00. The van der Waals surface area contributed by atoms with Crippen LogP contribution in [0.5, 0.6) is 0 Å². The molecule has 0 aliphatic rings. The van der Waals surface area contributed by atoms with E-state index in [-0.39, 0.29) is 23.8 Å². The van der Waals surface area contributed by atoms with Gasteiger partial charge in [-0.15, -0.1) is 0 Å². The maximum atomic E-state index is 11.8. The number of carbonyl (C=O) groups is 1. The first-order chi connectivity index (χ1) is 7.52. The third kappa shape index (κ3) is 5.72. The van der Waals surface area contributed by atoms with Gasteiger partial charge in [0.25, 0.3) is 0 Å². The molecule has 0 bridgehead atoms. The summed E-state index contributed by atoms with van der Waals surface area (Å²) in [6.07, 6.45) is 0.411. The van der Waals surface area contributed by atoms with Gasteiger partial charge in [-0.3, -0.25) is 4.79 Å². The molecule has 0 aliphatic heterocycles. The first-order valence-corrected chi connectivity index (χ1v) is 5.77. The van der Waals surface area contributed by atoms with Crippen LogP contribution in [-0.4, -0.2) is 25.2 Å². The van der Waals surface area contributed by atoms with Crippen molar-refractivity contribution in [2.75, 3.05) is 13.2 Å². The predicted molar refractivity (Wildman–Crippen MR) is 62.7 cm³/mol. The van der Waals surface area contributed by atoms with Crippen LogP contribution in [0.4, 0.5) is 0 Å². The van der Waals surface area contributed by atoms with Gasteiger partial charge in [-0.2, -0.15) is 5.26 Å². The fourth-order valence-corrected chi connectivity index (χ4v) is 1.29. The van der Waals surface area contributed by atoms with E-state index >= 15 is 0 Å². The molecule has 0 aliphatic carbocycles. The number of hydrogen-bond donors (Lipinski definition) is 1. The Morgan fingerprint density at radius 1 is 1.44 bits per heavy atom. The highest BCUT2D eigenvalue weighted by Crippen LogP contribution is 2.14. The van der Waals surface area contributed by atoms with Crippen LogP contribution in [0.2, 0.25) is 0 Å². The highest BCUT2D eigenvalue weighted by molar-refractivity contribution is 5.78. The van der Waals surface area contributed by atoms with E-state index in [0.29, 0.717) is 19.6 Å². The fraction of sp³-hybridized carbons (Fsp3) is 0.833. The molecule has 0 saturated heterocycles. The van der Waals surface area contributed by atoms with Crippen molar-refractivity contribution in [2.45, 2.75) is 40.2 Å². The number of amides is 1. The Hall–Kier alpha value is -1.08. The molecule has 3 atom stereocenters. The minimum Gasteiger partial charge on any atom is -0.380 e. The summed E-state index contributed by atoms with van der Waals surface area (Å²) in [6, 6.07) is 2.10. The van der Waals surface area contributed by atoms with Crippen molar-refractivity contribution in [3.8, 4) is 6.07 Å². The molecule has 0 fully saturated rings. The van der Waals surface area contributed by atoms with Crippen LogP contribution in [0, 0.1) is 23.2 Å². The number of nitrogens with one attached hydrogen (secondary N) is 1. The second-order valence-electron chi connectivity index (χ2n) is 4.20. The van der Waals surface area contributed by atoms with E-state index in [1.807, 2.05) is 27.7 Å². The van der Waals surface area contributed by atoms with E-state index < -0.39 is 0 Å². The Morgan fingerprint density at radius 2 is 2.06 bits per heavy atom. The molecule has 4 heteroatoms. The summed E-state index contributed by atoms with van der Waals surface area (Å²) in [7, 11) is 0. The van der Waals surface area contributed by atoms with Crippen molar-refractivity contribution < 1.29 is 9.53 Å². The van der Waals surface area contributed by atoms with E-state index in [9.17, 15) is 4.79 Å². The molecule has 0 rings (SSSR count). The normalized spacial score (nSPS) is 15.9. The minimum absolute atomic E-state index is 0.00467. The quantitative estimate of drug-likeness (QED) is 0.719. The van der Waals surface area contributed by atoms with Gasteiger partial charge in [0.2, 0.25) is 5.91 Å². The van der Waals surface area contributed by atoms with Gasteiger partial charge in [-0.25, -0.2) is 0 Å². The van der Waals surface area contributed by atoms with Gasteiger partial charge in [0.15, 0.2) is 0 Å². The molecule has 0 aromatic rings. The Bertz CT molecular complexity index is 248. The third-order valence-corrected chi connectivity index (χ3v) is 2.64. The third-order valence-electron chi connectivity index (χ3n) is 2.64. The molecule has 16 heavy (non-hydrogen) atoms. The summed E-state index contributed by atoms with van der Waals surface area (Å²) < 4.78 is 5.22. The van der Waals surface area contributed by atoms with Crippen molar-refractivity contribution >= 4 is 5.91 Å². The van der Waals surface area contributed by atoms with Crippen molar-refractivity contribution in [3.05, 3.63) is 0 Å². The smallest absolute Gasteiger partial charge is 0.223 e. The summed E-state index contributed by atoms with van der Waals surface area (Å²) in [5.74, 6) is -0.0528. The van der Waals surface area contributed by atoms with Gasteiger partial charge >= 0.3 is 0 Å². The zero-order chi connectivity index (χ0) is 12.6. The molecule has 0 saturated carbocycles. The molecule has 92 valence electrons. The van der Waals surface area contributed by atoms with Crippen molar-refractivity contribution in [1.29, 1.82) is 5.26 Å². The first-order valence-electron chi connectivity index (χ1n) is 5.77. The highest BCUT2D eigenvalue weighted by atomic mass is 16.5. The summed E-state index contributed by atoms with van der Waals surface area (Å²) in [5.41, 5.74) is 0. The zero-order valence-corrected chi connectivity index (χ0v) is 10.6. The van der Waals surface area contributed by atoms with Gasteiger partial charge in [0.1, 0.15) is 0 Å². The lowest BCUT2D eigenvalue weighted by molar-refractivity contribution is -0.126. The number of hydrogen-bond acceptors (Lipinski definition) is 3. The monoisotopic (exact) mass is 226 g/mol. The number of nitriles is 1. The second-order valence-corrected chi connectivity index (χ2v) is 4.20. The second kappa shape index (κ2) is 8.12. The van der Waals surface area contributed by atoms with Gasteiger partial charge < -0.3 is 10.1 Å². The van der Waals surface area contributed by atoms with Crippen LogP contribution in [-0.2, 0) is 9.53 Å². The molecule has 0 aromatic carbocycles. The molecule has 3 unspecified atom stereocenters. The van der Waals surface area contributed by atoms with Gasteiger partial charge in [0, 0.05) is 25.0 Å². The Morgan fingerprint density at radius 3 is 2.56 bits per heavy atom. The standard InChI is InChI=1S/C12H22N2O2/c1-5-16-8-10(3)14-12(15)11(4)9(2)6-7-13/h9-11H,5-6,8H2,1-4H3,(H,14,15). The van der Waals surface area contributed by atoms with Crippen molar-refractivity contribution in [1.82, 2.24) is 5.32 Å². The summed E-state index contributed by atoms with van der Waals surface area (Å²) in [4.78, 5) is 11.8. The molecule has 0 radical (unpaired) electrons. The van der Waals surface area contributed by atoms with Gasteiger partial charge in [-0.05, 0) is 19.8 Å². The maximum absolute atomic E-state index is 11.8. The maximum Gasteiger partial charge on any atom is 0.223 e. The van der Waals surface area contributed by atoms with Crippen LogP contribution < -0.4 is 5.32 Å². The van der Waals surface area contributed by atoms with E-state index in [1.165, 1.54) is 0 Å². The van der Waals surface area contributed by atoms with E-state index in [4.69, 9.17) is 10.00 Å². The predicted octanol–water partition coefficient (Wildman–Crippen LogP) is 1.71. The number of rotatable bonds is 7. The average Bonchev–Trinajstić information content (AvgIpc) is 2.25. The number of nitrogens with zero attached hydrogens (tertiary/aromatic N) is 1. The Labute approximate surface area is 98.0 Å². The van der Waals surface area contributed by atoms with Crippen LogP contribution >= 0.6 is 0 Å². The Kier molecular flexibility index (Phi) is 7.57. The van der Waals surface area contributed by atoms with Crippen LogP contribution in [0.25, 0.3) is 0 Å². The van der Waals surface area contributed by atoms with E-state index in [2.05, 4.69) is 11.4 Å². The number of ether oxygens (including phenoxy) is 1. The molecular formula is C12H22N2O2. The van der Waals surface area contributed by atoms with Gasteiger partial charge in [0.05, 0.1) is 12.7 Å². The average molecular weight is 226 g/mol. The number of carbonyl (C=O) groups excluding carboxylic acids is 1. The lowest BCUT2D eigenvalue weighted by Gasteiger charge is -2.20. The SMILES string of the molecule is CCOCC(C)NC(=O)C(C)C(C)CC#N. The first kappa shape index (κ1) is 14.9. The van der Waals surface area contributed by atoms with Crippen LogP contribution in [0.15, 0.2) is 0 Å². The molecule has 1 N–H and O–H groups in total. The topological polar surface area (TPSA) is 62.1 Å². The highest BCUT2D eigenvalue weighted by Gasteiger charge is 2.21. The zero-order valence-electron chi connectivity index (χ0n) is 10.6. The fourth-order valence-electron chi connectivity index (χ4n) is 1.29. The summed E-state index contributed by atoms with van der Waals surface area (Å²) >= 11 is 0. The van der Waals surface area contributed by atoms with Crippen molar-refractivity contribution in [2.24, 2.45) is 11.8 Å². The lowest BCUT2D eigenvalue weighted by atomic mass is 9.92. The molecule has 1 amide bonds. The van der Waals surface area contributed by atoms with E-state index in [1.54, 1.807) is 0 Å². The lowest BCUT2D eigenvalue weighted by Crippen LogP contribution is -2.40. The van der Waals surface area contributed by atoms with Gasteiger partial charge in [-0.1, -0.05) is 13.8 Å². The summed E-state index contributed by atoms with van der Waals surface area (Å²) in [6.45, 7) is 8.79. The van der Waals surface area contributed by atoms with Crippen LogP contribution in [0.3, 0.4) is 0 Å². The molecular weight excluding hydrogens is 204 g/mol. The molecule has 0 spiro atoms. The molecule has 4 nitrogen and oxygen atoms in total. The van der Waals surface area contributed by atoms with Crippen LogP contribution in [0.1, 0.15) is 34.1 Å². The van der Waals surface area contributed by atoms with E-state index in [0.717, 1.165) is 0 Å². The van der Waals surface area contributed by atoms with Crippen molar-refractivity contribution in [3.63, 3.8) is 0 Å². The minimum atomic E-state index is -0.135. The molecule has 0 heterocycles. The summed E-state index contributed by atoms with van der Waals surface area (Å²) in [5, 5.41) is 11.4. The molecule has 0 aromatic heterocycles.